The van der Waals surface area contributed by atoms with Crippen LogP contribution in [0.1, 0.15) is 25.0 Å². The summed E-state index contributed by atoms with van der Waals surface area (Å²) in [6, 6.07) is 18.5. The van der Waals surface area contributed by atoms with Crippen molar-refractivity contribution in [2.75, 3.05) is 6.61 Å². The third-order valence-corrected chi connectivity index (χ3v) is 6.55. The number of benzene rings is 3. The molecule has 0 spiro atoms. The summed E-state index contributed by atoms with van der Waals surface area (Å²) < 4.78 is 5.72. The highest BCUT2D eigenvalue weighted by molar-refractivity contribution is 6.42. The molecule has 0 aliphatic carbocycles. The number of ether oxygens (including phenoxy) is 1. The number of hydrogen-bond acceptors (Lipinski definition) is 3. The van der Waals surface area contributed by atoms with Crippen LogP contribution in [-0.2, 0) is 22.6 Å². The highest BCUT2D eigenvalue weighted by Crippen LogP contribution is 2.28. The molecule has 1 atom stereocenters. The molecule has 9 heteroatoms. The minimum Gasteiger partial charge on any atom is -0.482 e. The number of amides is 2. The van der Waals surface area contributed by atoms with Gasteiger partial charge in [-0.15, -0.1) is 0 Å². The van der Waals surface area contributed by atoms with E-state index in [1.165, 1.54) is 11.0 Å². The molecule has 0 aliphatic heterocycles. The molecule has 190 valence electrons. The Morgan fingerprint density at radius 1 is 0.861 bits per heavy atom. The summed E-state index contributed by atoms with van der Waals surface area (Å²) in [5.41, 5.74) is 1.63. The maximum atomic E-state index is 13.6. The van der Waals surface area contributed by atoms with Gasteiger partial charge in [0, 0.05) is 24.0 Å². The van der Waals surface area contributed by atoms with Crippen molar-refractivity contribution in [3.05, 3.63) is 97.9 Å². The largest absolute Gasteiger partial charge is 0.482 e. The zero-order valence-electron chi connectivity index (χ0n) is 19.8. The van der Waals surface area contributed by atoms with Crippen LogP contribution in [0.3, 0.4) is 0 Å². The second-order valence-electron chi connectivity index (χ2n) is 8.50. The van der Waals surface area contributed by atoms with E-state index < -0.39 is 11.9 Å². The van der Waals surface area contributed by atoms with Crippen LogP contribution < -0.4 is 10.1 Å². The lowest BCUT2D eigenvalue weighted by atomic mass is 10.0. The average Bonchev–Trinajstić information content (AvgIpc) is 2.83. The van der Waals surface area contributed by atoms with Gasteiger partial charge in [-0.25, -0.2) is 0 Å². The Morgan fingerprint density at radius 2 is 1.58 bits per heavy atom. The van der Waals surface area contributed by atoms with Crippen molar-refractivity contribution in [2.24, 2.45) is 0 Å². The molecule has 0 fully saturated rings. The highest BCUT2D eigenvalue weighted by atomic mass is 35.5. The summed E-state index contributed by atoms with van der Waals surface area (Å²) in [6.45, 7) is 3.53. The van der Waals surface area contributed by atoms with E-state index in [9.17, 15) is 9.59 Å². The van der Waals surface area contributed by atoms with Crippen LogP contribution in [0.5, 0.6) is 5.75 Å². The first-order valence-corrected chi connectivity index (χ1v) is 12.8. The third kappa shape index (κ3) is 8.04. The highest BCUT2D eigenvalue weighted by Gasteiger charge is 2.31. The van der Waals surface area contributed by atoms with Gasteiger partial charge in [-0.1, -0.05) is 82.8 Å². The van der Waals surface area contributed by atoms with E-state index in [2.05, 4.69) is 5.32 Å². The molecular formula is C27H26Cl4N2O3. The lowest BCUT2D eigenvalue weighted by Gasteiger charge is -2.32. The first kappa shape index (κ1) is 28.1. The number of halogens is 4. The summed E-state index contributed by atoms with van der Waals surface area (Å²) in [5.74, 6) is -0.353. The Balaban J connectivity index is 1.94. The van der Waals surface area contributed by atoms with Crippen LogP contribution in [0.2, 0.25) is 20.1 Å². The molecule has 0 saturated heterocycles. The van der Waals surface area contributed by atoms with Crippen molar-refractivity contribution in [1.82, 2.24) is 10.2 Å². The van der Waals surface area contributed by atoms with Crippen LogP contribution in [0, 0.1) is 0 Å². The van der Waals surface area contributed by atoms with Gasteiger partial charge in [-0.05, 0) is 55.3 Å². The molecule has 1 N–H and O–H groups in total. The molecule has 2 amide bonds. The molecule has 1 unspecified atom stereocenters. The second-order valence-corrected chi connectivity index (χ2v) is 10.2. The number of carbonyl (C=O) groups is 2. The predicted octanol–water partition coefficient (Wildman–Crippen LogP) is 6.84. The second kappa shape index (κ2) is 13.2. The molecular weight excluding hydrogens is 542 g/mol. The molecule has 3 aromatic rings. The first-order chi connectivity index (χ1) is 17.1. The Bertz CT molecular complexity index is 1200. The van der Waals surface area contributed by atoms with E-state index >= 15 is 0 Å². The molecule has 0 bridgehead atoms. The van der Waals surface area contributed by atoms with Gasteiger partial charge in [0.2, 0.25) is 5.91 Å². The molecule has 0 aromatic heterocycles. The van der Waals surface area contributed by atoms with Crippen LogP contribution in [0.15, 0.2) is 66.7 Å². The molecule has 5 nitrogen and oxygen atoms in total. The molecule has 36 heavy (non-hydrogen) atoms. The molecule has 3 aromatic carbocycles. The van der Waals surface area contributed by atoms with Gasteiger partial charge in [0.1, 0.15) is 11.8 Å². The SMILES string of the molecule is CC(C)NC(=O)C(Cc1ccccc1)N(Cc1ccc(Cl)c(Cl)c1)C(=O)COc1ccc(Cl)cc1Cl. The van der Waals surface area contributed by atoms with Gasteiger partial charge in [0.25, 0.3) is 5.91 Å². The van der Waals surface area contributed by atoms with Crippen molar-refractivity contribution in [3.8, 4) is 5.75 Å². The molecule has 0 radical (unpaired) electrons. The molecule has 0 saturated carbocycles. The number of rotatable bonds is 10. The van der Waals surface area contributed by atoms with E-state index in [4.69, 9.17) is 51.1 Å². The van der Waals surface area contributed by atoms with Gasteiger partial charge in [0.05, 0.1) is 15.1 Å². The monoisotopic (exact) mass is 566 g/mol. The third-order valence-electron chi connectivity index (χ3n) is 5.28. The van der Waals surface area contributed by atoms with Crippen molar-refractivity contribution >= 4 is 58.2 Å². The zero-order chi connectivity index (χ0) is 26.2. The van der Waals surface area contributed by atoms with Gasteiger partial charge in [0.15, 0.2) is 6.61 Å². The van der Waals surface area contributed by atoms with Crippen molar-refractivity contribution in [2.45, 2.75) is 38.9 Å². The maximum absolute atomic E-state index is 13.6. The molecule has 0 aliphatic rings. The lowest BCUT2D eigenvalue weighted by molar-refractivity contribution is -0.143. The van der Waals surface area contributed by atoms with E-state index in [0.717, 1.165) is 11.1 Å². The van der Waals surface area contributed by atoms with Crippen molar-refractivity contribution in [3.63, 3.8) is 0 Å². The minimum absolute atomic E-state index is 0.109. The quantitative estimate of drug-likeness (QED) is 0.291. The Morgan fingerprint density at radius 3 is 2.22 bits per heavy atom. The van der Waals surface area contributed by atoms with E-state index in [1.807, 2.05) is 44.2 Å². The summed E-state index contributed by atoms with van der Waals surface area (Å²) >= 11 is 24.5. The van der Waals surface area contributed by atoms with Gasteiger partial charge in [-0.2, -0.15) is 0 Å². The van der Waals surface area contributed by atoms with Gasteiger partial charge in [-0.3, -0.25) is 9.59 Å². The Labute approximate surface area is 231 Å². The van der Waals surface area contributed by atoms with Crippen LogP contribution in [0.25, 0.3) is 0 Å². The molecule has 0 heterocycles. The fourth-order valence-corrected chi connectivity index (χ4v) is 4.37. The smallest absolute Gasteiger partial charge is 0.261 e. The Hall–Kier alpha value is -2.44. The molecule has 3 rings (SSSR count). The normalized spacial score (nSPS) is 11.8. The lowest BCUT2D eigenvalue weighted by Crippen LogP contribution is -2.52. The predicted molar refractivity (Wildman–Crippen MR) is 146 cm³/mol. The van der Waals surface area contributed by atoms with E-state index in [0.29, 0.717) is 27.2 Å². The standard InChI is InChI=1S/C27H26Cl4N2O3/c1-17(2)32-27(35)24(13-18-6-4-3-5-7-18)33(15-19-8-10-21(29)22(30)12-19)26(34)16-36-25-11-9-20(28)14-23(25)31/h3-12,14,17,24H,13,15-16H2,1-2H3,(H,32,35). The number of carbonyl (C=O) groups excluding carboxylic acids is 2. The van der Waals surface area contributed by atoms with Gasteiger partial charge < -0.3 is 15.0 Å². The fraction of sp³-hybridized carbons (Fsp3) is 0.259. The van der Waals surface area contributed by atoms with Crippen LogP contribution >= 0.6 is 46.4 Å². The maximum Gasteiger partial charge on any atom is 0.261 e. The summed E-state index contributed by atoms with van der Waals surface area (Å²) in [7, 11) is 0. The number of hydrogen-bond donors (Lipinski definition) is 1. The Kier molecular flexibility index (Phi) is 10.3. The minimum atomic E-state index is -0.805. The number of nitrogens with zero attached hydrogens (tertiary/aromatic N) is 1. The topological polar surface area (TPSA) is 58.6 Å². The number of nitrogens with one attached hydrogen (secondary N) is 1. The van der Waals surface area contributed by atoms with Crippen LogP contribution in [0.4, 0.5) is 0 Å². The fourth-order valence-electron chi connectivity index (χ4n) is 3.58. The summed E-state index contributed by atoms with van der Waals surface area (Å²) in [5, 5.41) is 4.43. The zero-order valence-corrected chi connectivity index (χ0v) is 22.8. The summed E-state index contributed by atoms with van der Waals surface area (Å²) in [4.78, 5) is 28.4. The van der Waals surface area contributed by atoms with Crippen molar-refractivity contribution in [1.29, 1.82) is 0 Å². The van der Waals surface area contributed by atoms with Crippen molar-refractivity contribution < 1.29 is 14.3 Å². The average molecular weight is 568 g/mol. The van der Waals surface area contributed by atoms with E-state index in [-0.39, 0.29) is 30.1 Å². The summed E-state index contributed by atoms with van der Waals surface area (Å²) in [6.07, 6.45) is 0.314. The van der Waals surface area contributed by atoms with Gasteiger partial charge >= 0.3 is 0 Å². The first-order valence-electron chi connectivity index (χ1n) is 11.3. The van der Waals surface area contributed by atoms with E-state index in [1.54, 1.807) is 30.3 Å². The van der Waals surface area contributed by atoms with Crippen LogP contribution in [-0.4, -0.2) is 35.4 Å².